The summed E-state index contributed by atoms with van der Waals surface area (Å²) < 4.78 is 3.48. The van der Waals surface area contributed by atoms with E-state index in [9.17, 15) is 0 Å². The fourth-order valence-electron chi connectivity index (χ4n) is 1.52. The zero-order valence-electron chi connectivity index (χ0n) is 8.70. The minimum Gasteiger partial charge on any atom is -0.339 e. The van der Waals surface area contributed by atoms with Crippen LogP contribution in [0.3, 0.4) is 0 Å². The van der Waals surface area contributed by atoms with E-state index in [0.29, 0.717) is 0 Å². The molecule has 74 valence electrons. The monoisotopic (exact) mass is 185 g/mol. The lowest BCUT2D eigenvalue weighted by atomic mass is 10.2. The molecule has 0 N–H and O–H groups in total. The van der Waals surface area contributed by atoms with E-state index >= 15 is 0 Å². The normalized spacial score (nSPS) is 10.2. The Bertz CT molecular complexity index is 255. The largest absolute Gasteiger partial charge is 0.339 e. The number of imidazole rings is 1. The minimum atomic E-state index is 0.938. The topological polar surface area (TPSA) is 27.3 Å². The zero-order valence-corrected chi connectivity index (χ0v) is 8.70. The molecule has 0 bridgehead atoms. The standard InChI is InChI=1S/C9H17N2O2/c1-5-8-9(6-2)11(13-4)7-10(8)12-3/h7H,5-6H2,1-4H3/q+1. The van der Waals surface area contributed by atoms with Crippen LogP contribution in [0.25, 0.3) is 0 Å². The van der Waals surface area contributed by atoms with Gasteiger partial charge < -0.3 is 9.68 Å². The van der Waals surface area contributed by atoms with Gasteiger partial charge in [-0.3, -0.25) is 0 Å². The van der Waals surface area contributed by atoms with Crippen LogP contribution < -0.4 is 14.4 Å². The molecule has 0 saturated carbocycles. The molecule has 1 rings (SSSR count). The highest BCUT2D eigenvalue weighted by molar-refractivity contribution is 5.06. The summed E-state index contributed by atoms with van der Waals surface area (Å²) in [5.74, 6) is 0. The van der Waals surface area contributed by atoms with E-state index < -0.39 is 0 Å². The van der Waals surface area contributed by atoms with Gasteiger partial charge in [-0.1, -0.05) is 13.8 Å². The van der Waals surface area contributed by atoms with E-state index in [-0.39, 0.29) is 0 Å². The fraction of sp³-hybridized carbons (Fsp3) is 0.667. The average molecular weight is 185 g/mol. The first-order valence-electron chi connectivity index (χ1n) is 4.52. The molecule has 0 aliphatic carbocycles. The molecule has 0 saturated heterocycles. The first kappa shape index (κ1) is 9.89. The van der Waals surface area contributed by atoms with Crippen molar-refractivity contribution in [2.45, 2.75) is 26.7 Å². The SMILES string of the molecule is CCc1c(CC)[n+](OC)cn1OC. The minimum absolute atomic E-state index is 0.938. The molecule has 1 aromatic rings. The molecule has 0 unspecified atom stereocenters. The van der Waals surface area contributed by atoms with Gasteiger partial charge in [0.05, 0.1) is 0 Å². The predicted octanol–water partition coefficient (Wildman–Crippen LogP) is 0.0172. The fourth-order valence-corrected chi connectivity index (χ4v) is 1.52. The molecule has 4 nitrogen and oxygen atoms in total. The van der Waals surface area contributed by atoms with Crippen LogP contribution in [0.5, 0.6) is 0 Å². The summed E-state index contributed by atoms with van der Waals surface area (Å²) in [7, 11) is 3.30. The molecule has 0 aliphatic heterocycles. The number of aromatic nitrogens is 2. The maximum atomic E-state index is 5.18. The Morgan fingerprint density at radius 1 is 1.31 bits per heavy atom. The molecule has 1 heterocycles. The van der Waals surface area contributed by atoms with Crippen molar-refractivity contribution in [3.05, 3.63) is 17.7 Å². The molecule has 1 aromatic heterocycles. The van der Waals surface area contributed by atoms with Crippen LogP contribution in [0.15, 0.2) is 6.33 Å². The van der Waals surface area contributed by atoms with Gasteiger partial charge in [0.2, 0.25) is 0 Å². The quantitative estimate of drug-likeness (QED) is 0.618. The van der Waals surface area contributed by atoms with Crippen LogP contribution in [0.4, 0.5) is 0 Å². The van der Waals surface area contributed by atoms with Gasteiger partial charge in [-0.2, -0.15) is 0 Å². The van der Waals surface area contributed by atoms with Crippen LogP contribution in [0.1, 0.15) is 25.2 Å². The van der Waals surface area contributed by atoms with Gasteiger partial charge in [-0.05, 0) is 9.46 Å². The molecule has 0 amide bonds. The first-order chi connectivity index (χ1) is 6.28. The Morgan fingerprint density at radius 3 is 2.38 bits per heavy atom. The van der Waals surface area contributed by atoms with Crippen molar-refractivity contribution < 1.29 is 14.4 Å². The summed E-state index contributed by atoms with van der Waals surface area (Å²) in [6, 6.07) is 0. The Balaban J connectivity index is 3.17. The Hall–Kier alpha value is -1.19. The summed E-state index contributed by atoms with van der Waals surface area (Å²) in [6.45, 7) is 4.20. The molecule has 0 atom stereocenters. The van der Waals surface area contributed by atoms with Gasteiger partial charge in [0, 0.05) is 12.8 Å². The van der Waals surface area contributed by atoms with Crippen molar-refractivity contribution in [1.29, 1.82) is 0 Å². The van der Waals surface area contributed by atoms with Gasteiger partial charge in [-0.15, -0.1) is 0 Å². The lowest BCUT2D eigenvalue weighted by molar-refractivity contribution is -0.890. The molecule has 13 heavy (non-hydrogen) atoms. The van der Waals surface area contributed by atoms with Gasteiger partial charge in [0.1, 0.15) is 14.2 Å². The van der Waals surface area contributed by atoms with E-state index in [2.05, 4.69) is 13.8 Å². The van der Waals surface area contributed by atoms with E-state index in [0.717, 1.165) is 24.2 Å². The highest BCUT2D eigenvalue weighted by Crippen LogP contribution is 2.05. The molecule has 0 aromatic carbocycles. The number of nitrogens with zero attached hydrogens (tertiary/aromatic N) is 2. The first-order valence-corrected chi connectivity index (χ1v) is 4.52. The summed E-state index contributed by atoms with van der Waals surface area (Å²) in [6.07, 6.45) is 3.68. The van der Waals surface area contributed by atoms with Crippen molar-refractivity contribution in [2.24, 2.45) is 0 Å². The van der Waals surface area contributed by atoms with Crippen LogP contribution >= 0.6 is 0 Å². The molecular weight excluding hydrogens is 168 g/mol. The molecule has 4 heteroatoms. The molecule has 0 aliphatic rings. The second-order valence-electron chi connectivity index (χ2n) is 2.73. The number of hydrogen-bond donors (Lipinski definition) is 0. The van der Waals surface area contributed by atoms with Crippen LogP contribution in [0, 0.1) is 0 Å². The third-order valence-electron chi connectivity index (χ3n) is 2.14. The van der Waals surface area contributed by atoms with E-state index in [1.165, 1.54) is 0 Å². The summed E-state index contributed by atoms with van der Waals surface area (Å²) in [4.78, 5) is 10.4. The molecule has 0 radical (unpaired) electrons. The van der Waals surface area contributed by atoms with Crippen LogP contribution in [0.2, 0.25) is 0 Å². The highest BCUT2D eigenvalue weighted by Gasteiger charge is 2.22. The van der Waals surface area contributed by atoms with Crippen molar-refractivity contribution in [3.8, 4) is 0 Å². The van der Waals surface area contributed by atoms with Gasteiger partial charge >= 0.3 is 6.33 Å². The van der Waals surface area contributed by atoms with Crippen molar-refractivity contribution >= 4 is 0 Å². The Morgan fingerprint density at radius 2 is 2.00 bits per heavy atom. The maximum Gasteiger partial charge on any atom is 0.323 e. The molecule has 0 spiro atoms. The van der Waals surface area contributed by atoms with E-state index in [1.54, 1.807) is 30.0 Å². The van der Waals surface area contributed by atoms with Crippen molar-refractivity contribution in [2.75, 3.05) is 14.2 Å². The lowest BCUT2D eigenvalue weighted by Crippen LogP contribution is -2.42. The highest BCUT2D eigenvalue weighted by atomic mass is 16.7. The summed E-state index contributed by atoms with van der Waals surface area (Å²) >= 11 is 0. The Labute approximate surface area is 78.6 Å². The third-order valence-corrected chi connectivity index (χ3v) is 2.14. The molecular formula is C9H17N2O2+. The van der Waals surface area contributed by atoms with E-state index in [1.807, 2.05) is 0 Å². The smallest absolute Gasteiger partial charge is 0.323 e. The average Bonchev–Trinajstić information content (AvgIpc) is 2.54. The second kappa shape index (κ2) is 4.16. The molecule has 0 fully saturated rings. The van der Waals surface area contributed by atoms with Crippen molar-refractivity contribution in [1.82, 2.24) is 4.73 Å². The van der Waals surface area contributed by atoms with Crippen LogP contribution in [-0.4, -0.2) is 19.0 Å². The van der Waals surface area contributed by atoms with Gasteiger partial charge in [0.15, 0.2) is 11.4 Å². The number of rotatable bonds is 4. The predicted molar refractivity (Wildman–Crippen MR) is 48.4 cm³/mol. The summed E-state index contributed by atoms with van der Waals surface area (Å²) in [5.41, 5.74) is 2.32. The van der Waals surface area contributed by atoms with Gasteiger partial charge in [0.25, 0.3) is 0 Å². The lowest BCUT2D eigenvalue weighted by Gasteiger charge is -1.96. The van der Waals surface area contributed by atoms with Crippen molar-refractivity contribution in [3.63, 3.8) is 0 Å². The van der Waals surface area contributed by atoms with Gasteiger partial charge in [-0.25, -0.2) is 0 Å². The Kier molecular flexibility index (Phi) is 3.17. The third kappa shape index (κ3) is 1.61. The van der Waals surface area contributed by atoms with Crippen LogP contribution in [-0.2, 0) is 12.8 Å². The second-order valence-corrected chi connectivity index (χ2v) is 2.73. The maximum absolute atomic E-state index is 5.18. The number of hydrogen-bond acceptors (Lipinski definition) is 2. The zero-order chi connectivity index (χ0) is 9.84. The van der Waals surface area contributed by atoms with E-state index in [4.69, 9.17) is 9.68 Å². The summed E-state index contributed by atoms with van der Waals surface area (Å²) in [5, 5.41) is 0.